The van der Waals surface area contributed by atoms with E-state index >= 15 is 0 Å². The molecule has 0 fully saturated rings. The SMILES string of the molecule is Cn1ccc(C(N)CSc2ccccc2)n1. The third-order valence-electron chi connectivity index (χ3n) is 2.29. The summed E-state index contributed by atoms with van der Waals surface area (Å²) in [7, 11) is 1.90. The van der Waals surface area contributed by atoms with Crippen LogP contribution in [-0.2, 0) is 7.05 Å². The first-order valence-electron chi connectivity index (χ1n) is 5.18. The molecule has 84 valence electrons. The van der Waals surface area contributed by atoms with E-state index in [1.54, 1.807) is 16.4 Å². The Morgan fingerprint density at radius 3 is 2.69 bits per heavy atom. The van der Waals surface area contributed by atoms with Crippen molar-refractivity contribution in [3.8, 4) is 0 Å². The largest absolute Gasteiger partial charge is 0.322 e. The smallest absolute Gasteiger partial charge is 0.0800 e. The van der Waals surface area contributed by atoms with Gasteiger partial charge in [0.15, 0.2) is 0 Å². The average Bonchev–Trinajstić information content (AvgIpc) is 2.74. The Kier molecular flexibility index (Phi) is 3.64. The van der Waals surface area contributed by atoms with Gasteiger partial charge < -0.3 is 5.73 Å². The van der Waals surface area contributed by atoms with Crippen molar-refractivity contribution >= 4 is 11.8 Å². The molecule has 0 saturated carbocycles. The highest BCUT2D eigenvalue weighted by Gasteiger charge is 2.09. The van der Waals surface area contributed by atoms with Crippen molar-refractivity contribution in [2.75, 3.05) is 5.75 Å². The lowest BCUT2D eigenvalue weighted by Gasteiger charge is -2.08. The van der Waals surface area contributed by atoms with Crippen LogP contribution < -0.4 is 5.73 Å². The van der Waals surface area contributed by atoms with Crippen LogP contribution in [-0.4, -0.2) is 15.5 Å². The Morgan fingerprint density at radius 1 is 1.31 bits per heavy atom. The second-order valence-corrected chi connectivity index (χ2v) is 4.74. The fourth-order valence-electron chi connectivity index (χ4n) is 1.42. The van der Waals surface area contributed by atoms with E-state index in [0.29, 0.717) is 0 Å². The van der Waals surface area contributed by atoms with E-state index in [-0.39, 0.29) is 6.04 Å². The zero-order chi connectivity index (χ0) is 11.4. The third-order valence-corrected chi connectivity index (χ3v) is 3.42. The molecule has 2 aromatic rings. The molecule has 0 aliphatic carbocycles. The quantitative estimate of drug-likeness (QED) is 0.823. The van der Waals surface area contributed by atoms with Crippen LogP contribution in [0.25, 0.3) is 0 Å². The molecule has 4 heteroatoms. The van der Waals surface area contributed by atoms with Crippen molar-refractivity contribution in [1.29, 1.82) is 0 Å². The van der Waals surface area contributed by atoms with Gasteiger partial charge >= 0.3 is 0 Å². The zero-order valence-electron chi connectivity index (χ0n) is 9.21. The summed E-state index contributed by atoms with van der Waals surface area (Å²) in [5, 5.41) is 4.30. The maximum Gasteiger partial charge on any atom is 0.0800 e. The molecule has 2 N–H and O–H groups in total. The maximum absolute atomic E-state index is 6.06. The molecule has 1 atom stereocenters. The van der Waals surface area contributed by atoms with Gasteiger partial charge in [0.1, 0.15) is 0 Å². The first-order chi connectivity index (χ1) is 7.75. The Labute approximate surface area is 99.7 Å². The standard InChI is InChI=1S/C12H15N3S/c1-15-8-7-12(14-15)11(13)9-16-10-5-3-2-4-6-10/h2-8,11H,9,13H2,1H3. The molecule has 0 spiro atoms. The summed E-state index contributed by atoms with van der Waals surface area (Å²) in [6, 6.07) is 12.2. The molecule has 0 aliphatic rings. The summed E-state index contributed by atoms with van der Waals surface area (Å²) in [6.07, 6.45) is 1.92. The van der Waals surface area contributed by atoms with Crippen molar-refractivity contribution in [2.45, 2.75) is 10.9 Å². The molecule has 0 bridgehead atoms. The molecule has 16 heavy (non-hydrogen) atoms. The number of nitrogens with two attached hydrogens (primary N) is 1. The second-order valence-electron chi connectivity index (χ2n) is 3.64. The zero-order valence-corrected chi connectivity index (χ0v) is 10.0. The van der Waals surface area contributed by atoms with Gasteiger partial charge in [-0.25, -0.2) is 0 Å². The first-order valence-corrected chi connectivity index (χ1v) is 6.17. The second kappa shape index (κ2) is 5.18. The van der Waals surface area contributed by atoms with E-state index in [9.17, 15) is 0 Å². The van der Waals surface area contributed by atoms with Crippen LogP contribution in [0, 0.1) is 0 Å². The number of aryl methyl sites for hydroxylation is 1. The molecular weight excluding hydrogens is 218 g/mol. The Hall–Kier alpha value is -1.26. The van der Waals surface area contributed by atoms with Crippen LogP contribution in [0.4, 0.5) is 0 Å². The minimum Gasteiger partial charge on any atom is -0.322 e. The predicted octanol–water partition coefficient (Wildman–Crippen LogP) is 2.21. The molecule has 0 aliphatic heterocycles. The molecule has 2 rings (SSSR count). The van der Waals surface area contributed by atoms with E-state index in [2.05, 4.69) is 17.2 Å². The fourth-order valence-corrected chi connectivity index (χ4v) is 2.31. The molecule has 0 radical (unpaired) electrons. The molecule has 1 unspecified atom stereocenters. The van der Waals surface area contributed by atoms with Crippen molar-refractivity contribution in [3.05, 3.63) is 48.3 Å². The molecule has 0 amide bonds. The number of benzene rings is 1. The summed E-state index contributed by atoms with van der Waals surface area (Å²) in [5.74, 6) is 0.848. The topological polar surface area (TPSA) is 43.8 Å². The van der Waals surface area contributed by atoms with Gasteiger partial charge in [-0.3, -0.25) is 4.68 Å². The van der Waals surface area contributed by atoms with Gasteiger partial charge in [0.2, 0.25) is 0 Å². The highest BCUT2D eigenvalue weighted by Crippen LogP contribution is 2.22. The molecule has 1 aromatic carbocycles. The van der Waals surface area contributed by atoms with Gasteiger partial charge in [0.25, 0.3) is 0 Å². The molecular formula is C12H15N3S. The number of hydrogen-bond donors (Lipinski definition) is 1. The van der Waals surface area contributed by atoms with Crippen molar-refractivity contribution < 1.29 is 0 Å². The first kappa shape index (κ1) is 11.2. The number of aromatic nitrogens is 2. The summed E-state index contributed by atoms with van der Waals surface area (Å²) >= 11 is 1.76. The third kappa shape index (κ3) is 2.87. The Morgan fingerprint density at radius 2 is 2.06 bits per heavy atom. The lowest BCUT2D eigenvalue weighted by Crippen LogP contribution is -2.14. The van der Waals surface area contributed by atoms with Gasteiger partial charge in [-0.05, 0) is 18.2 Å². The Bertz CT molecular complexity index is 439. The number of rotatable bonds is 4. The maximum atomic E-state index is 6.06. The van der Waals surface area contributed by atoms with Crippen molar-refractivity contribution in [2.24, 2.45) is 12.8 Å². The van der Waals surface area contributed by atoms with E-state index in [4.69, 9.17) is 5.73 Å². The van der Waals surface area contributed by atoms with Crippen LogP contribution in [0.5, 0.6) is 0 Å². The monoisotopic (exact) mass is 233 g/mol. The summed E-state index contributed by atoms with van der Waals surface area (Å²) in [6.45, 7) is 0. The van der Waals surface area contributed by atoms with Crippen LogP contribution in [0.2, 0.25) is 0 Å². The summed E-state index contributed by atoms with van der Waals surface area (Å²) in [4.78, 5) is 1.24. The minimum atomic E-state index is -0.00796. The minimum absolute atomic E-state index is 0.00796. The van der Waals surface area contributed by atoms with Crippen LogP contribution in [0.15, 0.2) is 47.5 Å². The molecule has 1 heterocycles. The van der Waals surface area contributed by atoms with E-state index in [0.717, 1.165) is 11.4 Å². The van der Waals surface area contributed by atoms with Crippen molar-refractivity contribution in [3.63, 3.8) is 0 Å². The van der Waals surface area contributed by atoms with Gasteiger partial charge in [-0.2, -0.15) is 5.10 Å². The Balaban J connectivity index is 1.91. The van der Waals surface area contributed by atoms with Gasteiger partial charge in [0, 0.05) is 23.9 Å². The fraction of sp³-hybridized carbons (Fsp3) is 0.250. The number of nitrogens with zero attached hydrogens (tertiary/aromatic N) is 2. The lowest BCUT2D eigenvalue weighted by atomic mass is 10.3. The van der Waals surface area contributed by atoms with E-state index in [1.165, 1.54) is 4.90 Å². The number of hydrogen-bond acceptors (Lipinski definition) is 3. The van der Waals surface area contributed by atoms with E-state index < -0.39 is 0 Å². The highest BCUT2D eigenvalue weighted by molar-refractivity contribution is 7.99. The van der Waals surface area contributed by atoms with Gasteiger partial charge in [-0.1, -0.05) is 18.2 Å². The highest BCUT2D eigenvalue weighted by atomic mass is 32.2. The summed E-state index contributed by atoms with van der Waals surface area (Å²) < 4.78 is 1.78. The van der Waals surface area contributed by atoms with Crippen molar-refractivity contribution in [1.82, 2.24) is 9.78 Å². The predicted molar refractivity (Wildman–Crippen MR) is 67.3 cm³/mol. The number of thioether (sulfide) groups is 1. The van der Waals surface area contributed by atoms with E-state index in [1.807, 2.05) is 37.5 Å². The van der Waals surface area contributed by atoms with Gasteiger partial charge in [0.05, 0.1) is 11.7 Å². The van der Waals surface area contributed by atoms with Crippen LogP contribution in [0.3, 0.4) is 0 Å². The van der Waals surface area contributed by atoms with Crippen LogP contribution in [0.1, 0.15) is 11.7 Å². The normalized spacial score (nSPS) is 12.6. The molecule has 0 saturated heterocycles. The summed E-state index contributed by atoms with van der Waals surface area (Å²) in [5.41, 5.74) is 7.01. The average molecular weight is 233 g/mol. The lowest BCUT2D eigenvalue weighted by molar-refractivity contribution is 0.704. The molecule has 3 nitrogen and oxygen atoms in total. The van der Waals surface area contributed by atoms with Crippen LogP contribution >= 0.6 is 11.8 Å². The van der Waals surface area contributed by atoms with Gasteiger partial charge in [-0.15, -0.1) is 11.8 Å². The molecule has 1 aromatic heterocycles.